The first-order chi connectivity index (χ1) is 13.7. The molecule has 6 nitrogen and oxygen atoms in total. The standard InChI is InChI=1S/C23H26O6/c1-13(2)7-6-9-23(3)10-8-14-19-15(11-17(24)21(14)29-23)18(27-4)12-16(20(19)25)22(26)28-5/h7-8,10-12,24-25H,6,9H2,1-5H3/t23-/m0/s1. The molecule has 0 saturated heterocycles. The molecule has 2 N–H and O–H groups in total. The van der Waals surface area contributed by atoms with Gasteiger partial charge in [0, 0.05) is 16.3 Å². The summed E-state index contributed by atoms with van der Waals surface area (Å²) in [5, 5.41) is 22.3. The fourth-order valence-corrected chi connectivity index (χ4v) is 3.54. The number of hydrogen-bond donors (Lipinski definition) is 2. The van der Waals surface area contributed by atoms with Crippen LogP contribution in [0.25, 0.3) is 16.8 Å². The Morgan fingerprint density at radius 3 is 2.59 bits per heavy atom. The van der Waals surface area contributed by atoms with Gasteiger partial charge in [0.25, 0.3) is 0 Å². The van der Waals surface area contributed by atoms with Gasteiger partial charge in [0.2, 0.25) is 0 Å². The Balaban J connectivity index is 2.19. The quantitative estimate of drug-likeness (QED) is 0.547. The van der Waals surface area contributed by atoms with Gasteiger partial charge in [-0.25, -0.2) is 4.79 Å². The zero-order valence-corrected chi connectivity index (χ0v) is 17.3. The number of rotatable bonds is 5. The summed E-state index contributed by atoms with van der Waals surface area (Å²) < 4.78 is 16.3. The highest BCUT2D eigenvalue weighted by Crippen LogP contribution is 2.49. The molecule has 3 rings (SSSR count). The van der Waals surface area contributed by atoms with E-state index in [0.717, 1.165) is 12.8 Å². The molecule has 0 spiro atoms. The van der Waals surface area contributed by atoms with Crippen molar-refractivity contribution in [3.8, 4) is 23.0 Å². The SMILES string of the molecule is COC(=O)c1cc(OC)c2cc(O)c3c(c2c1O)C=C[C@](C)(CCC=C(C)C)O3. The average molecular weight is 398 g/mol. The average Bonchev–Trinajstić information content (AvgIpc) is 2.67. The second kappa shape index (κ2) is 7.70. The molecule has 0 radical (unpaired) electrons. The lowest BCUT2D eigenvalue weighted by molar-refractivity contribution is 0.0597. The molecular formula is C23H26O6. The molecule has 1 aliphatic rings. The number of carbonyl (C=O) groups is 1. The lowest BCUT2D eigenvalue weighted by Gasteiger charge is -2.32. The molecule has 0 amide bonds. The summed E-state index contributed by atoms with van der Waals surface area (Å²) in [7, 11) is 2.70. The molecule has 0 unspecified atom stereocenters. The van der Waals surface area contributed by atoms with Crippen molar-refractivity contribution in [2.75, 3.05) is 14.2 Å². The minimum absolute atomic E-state index is 0.0185. The van der Waals surface area contributed by atoms with E-state index in [1.54, 1.807) is 0 Å². The van der Waals surface area contributed by atoms with Crippen LogP contribution in [0.4, 0.5) is 0 Å². The van der Waals surface area contributed by atoms with E-state index in [2.05, 4.69) is 6.08 Å². The molecular weight excluding hydrogens is 372 g/mol. The van der Waals surface area contributed by atoms with Crippen LogP contribution >= 0.6 is 0 Å². The molecule has 1 aliphatic heterocycles. The molecule has 1 atom stereocenters. The van der Waals surface area contributed by atoms with Crippen molar-refractivity contribution in [1.82, 2.24) is 0 Å². The van der Waals surface area contributed by atoms with Crippen molar-refractivity contribution in [2.45, 2.75) is 39.2 Å². The largest absolute Gasteiger partial charge is 0.506 e. The van der Waals surface area contributed by atoms with Crippen LogP contribution in [0.2, 0.25) is 0 Å². The fourth-order valence-electron chi connectivity index (χ4n) is 3.54. The van der Waals surface area contributed by atoms with Crippen molar-refractivity contribution < 1.29 is 29.2 Å². The van der Waals surface area contributed by atoms with E-state index in [-0.39, 0.29) is 22.8 Å². The highest BCUT2D eigenvalue weighted by molar-refractivity contribution is 6.08. The maximum atomic E-state index is 12.1. The number of aromatic hydroxyl groups is 2. The number of esters is 1. The first kappa shape index (κ1) is 20.6. The van der Waals surface area contributed by atoms with Gasteiger partial charge in [-0.05, 0) is 51.8 Å². The van der Waals surface area contributed by atoms with E-state index in [4.69, 9.17) is 14.2 Å². The number of benzene rings is 2. The van der Waals surface area contributed by atoms with Crippen LogP contribution in [-0.4, -0.2) is 36.0 Å². The Labute approximate surface area is 170 Å². The summed E-state index contributed by atoms with van der Waals surface area (Å²) in [6.07, 6.45) is 7.41. The third-order valence-electron chi connectivity index (χ3n) is 5.09. The lowest BCUT2D eigenvalue weighted by Crippen LogP contribution is -2.31. The number of phenolic OH excluding ortho intramolecular Hbond substituents is 2. The van der Waals surface area contributed by atoms with Crippen LogP contribution in [0.15, 0.2) is 29.9 Å². The predicted molar refractivity (Wildman–Crippen MR) is 112 cm³/mol. The molecule has 1 heterocycles. The van der Waals surface area contributed by atoms with E-state index in [9.17, 15) is 15.0 Å². The minimum Gasteiger partial charge on any atom is -0.506 e. The topological polar surface area (TPSA) is 85.2 Å². The van der Waals surface area contributed by atoms with E-state index < -0.39 is 11.6 Å². The molecule has 2 aromatic carbocycles. The third kappa shape index (κ3) is 3.75. The molecule has 6 heteroatoms. The van der Waals surface area contributed by atoms with Crippen LogP contribution in [0.1, 0.15) is 49.5 Å². The number of methoxy groups -OCH3 is 2. The predicted octanol–water partition coefficient (Wildman–Crippen LogP) is 4.96. The number of carbonyl (C=O) groups excluding carboxylic acids is 1. The number of allylic oxidation sites excluding steroid dienone is 2. The van der Waals surface area contributed by atoms with E-state index in [1.807, 2.05) is 32.9 Å². The Morgan fingerprint density at radius 1 is 1.24 bits per heavy atom. The van der Waals surface area contributed by atoms with Crippen LogP contribution < -0.4 is 9.47 Å². The molecule has 0 aliphatic carbocycles. The third-order valence-corrected chi connectivity index (χ3v) is 5.09. The minimum atomic E-state index is -0.684. The summed E-state index contributed by atoms with van der Waals surface area (Å²) in [4.78, 5) is 12.1. The second-order valence-electron chi connectivity index (χ2n) is 7.60. The Hall–Kier alpha value is -3.15. The molecule has 0 bridgehead atoms. The van der Waals surface area contributed by atoms with E-state index in [0.29, 0.717) is 22.1 Å². The van der Waals surface area contributed by atoms with Crippen LogP contribution in [0, 0.1) is 0 Å². The second-order valence-corrected chi connectivity index (χ2v) is 7.60. The summed E-state index contributed by atoms with van der Waals surface area (Å²) in [5.74, 6) is -0.392. The molecule has 29 heavy (non-hydrogen) atoms. The van der Waals surface area contributed by atoms with Crippen molar-refractivity contribution in [3.63, 3.8) is 0 Å². The normalized spacial score (nSPS) is 17.4. The number of hydrogen-bond acceptors (Lipinski definition) is 6. The van der Waals surface area contributed by atoms with Crippen LogP contribution in [0.5, 0.6) is 23.0 Å². The van der Waals surface area contributed by atoms with Gasteiger partial charge in [0.15, 0.2) is 11.5 Å². The van der Waals surface area contributed by atoms with Crippen molar-refractivity contribution in [2.24, 2.45) is 0 Å². The number of ether oxygens (including phenoxy) is 3. The summed E-state index contributed by atoms with van der Waals surface area (Å²) in [6.45, 7) is 6.03. The Morgan fingerprint density at radius 2 is 1.97 bits per heavy atom. The molecule has 154 valence electrons. The van der Waals surface area contributed by atoms with Crippen LogP contribution in [-0.2, 0) is 4.74 Å². The van der Waals surface area contributed by atoms with Crippen LogP contribution in [0.3, 0.4) is 0 Å². The fraction of sp³-hybridized carbons (Fsp3) is 0.348. The monoisotopic (exact) mass is 398 g/mol. The maximum absolute atomic E-state index is 12.1. The highest BCUT2D eigenvalue weighted by Gasteiger charge is 2.32. The zero-order chi connectivity index (χ0) is 21.3. The van der Waals surface area contributed by atoms with Gasteiger partial charge >= 0.3 is 5.97 Å². The number of fused-ring (bicyclic) bond motifs is 3. The van der Waals surface area contributed by atoms with Gasteiger partial charge in [0.1, 0.15) is 22.7 Å². The van der Waals surface area contributed by atoms with Gasteiger partial charge in [-0.2, -0.15) is 0 Å². The first-order valence-electron chi connectivity index (χ1n) is 9.40. The summed E-state index contributed by atoms with van der Waals surface area (Å²) >= 11 is 0. The van der Waals surface area contributed by atoms with E-state index >= 15 is 0 Å². The lowest BCUT2D eigenvalue weighted by atomic mass is 9.91. The van der Waals surface area contributed by atoms with Gasteiger partial charge in [-0.1, -0.05) is 17.7 Å². The summed E-state index contributed by atoms with van der Waals surface area (Å²) in [6, 6.07) is 2.87. The van der Waals surface area contributed by atoms with Crippen molar-refractivity contribution >= 4 is 22.8 Å². The number of phenols is 2. The smallest absolute Gasteiger partial charge is 0.341 e. The Kier molecular flexibility index (Phi) is 5.46. The first-order valence-corrected chi connectivity index (χ1v) is 9.40. The summed E-state index contributed by atoms with van der Waals surface area (Å²) in [5.41, 5.74) is 1.09. The highest BCUT2D eigenvalue weighted by atomic mass is 16.5. The van der Waals surface area contributed by atoms with Crippen molar-refractivity contribution in [3.05, 3.63) is 41.0 Å². The molecule has 0 saturated carbocycles. The van der Waals surface area contributed by atoms with Gasteiger partial charge in [-0.3, -0.25) is 0 Å². The van der Waals surface area contributed by atoms with Gasteiger partial charge in [-0.15, -0.1) is 0 Å². The van der Waals surface area contributed by atoms with Gasteiger partial charge < -0.3 is 24.4 Å². The molecule has 0 aromatic heterocycles. The van der Waals surface area contributed by atoms with E-state index in [1.165, 1.54) is 31.9 Å². The zero-order valence-electron chi connectivity index (χ0n) is 17.3. The molecule has 2 aromatic rings. The molecule has 0 fully saturated rings. The van der Waals surface area contributed by atoms with Crippen molar-refractivity contribution in [1.29, 1.82) is 0 Å². The maximum Gasteiger partial charge on any atom is 0.341 e. The Bertz CT molecular complexity index is 1030. The van der Waals surface area contributed by atoms with Gasteiger partial charge in [0.05, 0.1) is 14.2 Å².